The molecule has 0 saturated heterocycles. The average molecular weight is 367 g/mol. The van der Waals surface area contributed by atoms with Gasteiger partial charge >= 0.3 is 0 Å². The summed E-state index contributed by atoms with van der Waals surface area (Å²) in [6.45, 7) is 1.55. The van der Waals surface area contributed by atoms with Gasteiger partial charge in [-0.15, -0.1) is 0 Å². The second-order valence-electron chi connectivity index (χ2n) is 5.59. The number of rotatable bonds is 7. The zero-order valence-electron chi connectivity index (χ0n) is 13.6. The molecule has 0 saturated carbocycles. The van der Waals surface area contributed by atoms with Gasteiger partial charge in [-0.1, -0.05) is 23.2 Å². The monoisotopic (exact) mass is 366 g/mol. The molecule has 5 nitrogen and oxygen atoms in total. The summed E-state index contributed by atoms with van der Waals surface area (Å²) in [7, 11) is 4.00. The van der Waals surface area contributed by atoms with Crippen molar-refractivity contribution in [2.45, 2.75) is 6.42 Å². The molecule has 1 aromatic carbocycles. The number of hydrogen-bond donors (Lipinski definition) is 2. The molecule has 0 atom stereocenters. The van der Waals surface area contributed by atoms with Crippen LogP contribution in [-0.4, -0.2) is 43.0 Å². The number of nitrogens with zero attached hydrogens (tertiary/aromatic N) is 2. The molecule has 7 heteroatoms. The van der Waals surface area contributed by atoms with Gasteiger partial charge in [0.15, 0.2) is 0 Å². The number of amides is 1. The highest BCUT2D eigenvalue weighted by Gasteiger charge is 2.07. The Balaban J connectivity index is 1.91. The Hall–Kier alpha value is -1.82. The Morgan fingerprint density at radius 3 is 2.62 bits per heavy atom. The van der Waals surface area contributed by atoms with Crippen molar-refractivity contribution in [2.24, 2.45) is 0 Å². The van der Waals surface area contributed by atoms with Gasteiger partial charge in [0.2, 0.25) is 0 Å². The van der Waals surface area contributed by atoms with E-state index >= 15 is 0 Å². The van der Waals surface area contributed by atoms with E-state index in [0.717, 1.165) is 24.3 Å². The molecule has 0 aliphatic rings. The lowest BCUT2D eigenvalue weighted by atomic mass is 10.2. The molecule has 0 bridgehead atoms. The van der Waals surface area contributed by atoms with E-state index in [0.29, 0.717) is 22.3 Å². The molecule has 0 spiro atoms. The molecule has 0 aliphatic heterocycles. The third-order valence-electron chi connectivity index (χ3n) is 3.27. The highest BCUT2D eigenvalue weighted by Crippen LogP contribution is 2.27. The first kappa shape index (κ1) is 18.5. The summed E-state index contributed by atoms with van der Waals surface area (Å²) >= 11 is 12.0. The summed E-state index contributed by atoms with van der Waals surface area (Å²) < 4.78 is 0. The number of nitrogens with one attached hydrogen (secondary N) is 2. The van der Waals surface area contributed by atoms with Crippen molar-refractivity contribution in [3.8, 4) is 0 Å². The third kappa shape index (κ3) is 5.67. The fraction of sp³-hybridized carbons (Fsp3) is 0.294. The molecule has 0 aliphatic carbocycles. The van der Waals surface area contributed by atoms with E-state index in [4.69, 9.17) is 23.2 Å². The molecule has 0 unspecified atom stereocenters. The van der Waals surface area contributed by atoms with Crippen LogP contribution in [0.3, 0.4) is 0 Å². The lowest BCUT2D eigenvalue weighted by molar-refractivity contribution is 0.0947. The van der Waals surface area contributed by atoms with Crippen LogP contribution in [0.2, 0.25) is 10.0 Å². The van der Waals surface area contributed by atoms with Crippen LogP contribution in [0, 0.1) is 0 Å². The van der Waals surface area contributed by atoms with Gasteiger partial charge in [-0.3, -0.25) is 4.79 Å². The van der Waals surface area contributed by atoms with Crippen molar-refractivity contribution in [3.05, 3.63) is 52.3 Å². The number of benzene rings is 1. The SMILES string of the molecule is CN(C)CCCNC(=O)c1ccc(Nc2ccc(Cl)cc2Cl)cn1. The van der Waals surface area contributed by atoms with Gasteiger partial charge in [0.1, 0.15) is 5.69 Å². The van der Waals surface area contributed by atoms with Gasteiger partial charge < -0.3 is 15.5 Å². The van der Waals surface area contributed by atoms with Gasteiger partial charge in [-0.05, 0) is 57.4 Å². The summed E-state index contributed by atoms with van der Waals surface area (Å²) in [5.41, 5.74) is 1.85. The van der Waals surface area contributed by atoms with Crippen molar-refractivity contribution in [1.82, 2.24) is 15.2 Å². The zero-order valence-corrected chi connectivity index (χ0v) is 15.2. The molecule has 1 amide bonds. The van der Waals surface area contributed by atoms with E-state index in [1.165, 1.54) is 0 Å². The summed E-state index contributed by atoms with van der Waals surface area (Å²) in [6.07, 6.45) is 2.49. The molecular formula is C17H20Cl2N4O. The normalized spacial score (nSPS) is 10.7. The van der Waals surface area contributed by atoms with Gasteiger partial charge in [0.05, 0.1) is 22.6 Å². The van der Waals surface area contributed by atoms with E-state index in [1.54, 1.807) is 36.5 Å². The predicted octanol–water partition coefficient (Wildman–Crippen LogP) is 3.81. The molecule has 0 radical (unpaired) electrons. The van der Waals surface area contributed by atoms with E-state index in [2.05, 4.69) is 20.5 Å². The number of hydrogen-bond acceptors (Lipinski definition) is 4. The van der Waals surface area contributed by atoms with Crippen LogP contribution in [0.15, 0.2) is 36.5 Å². The lowest BCUT2D eigenvalue weighted by Crippen LogP contribution is -2.27. The smallest absolute Gasteiger partial charge is 0.269 e. The molecule has 2 N–H and O–H groups in total. The number of carbonyl (C=O) groups excluding carboxylic acids is 1. The Morgan fingerprint density at radius 1 is 1.21 bits per heavy atom. The molecular weight excluding hydrogens is 347 g/mol. The van der Waals surface area contributed by atoms with Crippen molar-refractivity contribution in [2.75, 3.05) is 32.5 Å². The predicted molar refractivity (Wildman–Crippen MR) is 99.5 cm³/mol. The number of aromatic nitrogens is 1. The lowest BCUT2D eigenvalue weighted by Gasteiger charge is -2.10. The standard InChI is InChI=1S/C17H20Cl2N4O/c1-23(2)9-3-8-20-17(24)16-7-5-13(11-21-16)22-15-6-4-12(18)10-14(15)19/h4-7,10-11,22H,3,8-9H2,1-2H3,(H,20,24). The summed E-state index contributed by atoms with van der Waals surface area (Å²) in [4.78, 5) is 18.3. The maximum absolute atomic E-state index is 12.0. The topological polar surface area (TPSA) is 57.3 Å². The van der Waals surface area contributed by atoms with Crippen LogP contribution in [0.25, 0.3) is 0 Å². The minimum Gasteiger partial charge on any atom is -0.353 e. The fourth-order valence-electron chi connectivity index (χ4n) is 2.04. The second kappa shape index (κ2) is 8.87. The summed E-state index contributed by atoms with van der Waals surface area (Å²) in [5.74, 6) is -0.176. The highest BCUT2D eigenvalue weighted by molar-refractivity contribution is 6.36. The molecule has 0 fully saturated rings. The van der Waals surface area contributed by atoms with Gasteiger partial charge in [-0.2, -0.15) is 0 Å². The Bertz CT molecular complexity index is 689. The second-order valence-corrected chi connectivity index (χ2v) is 6.44. The minimum absolute atomic E-state index is 0.176. The highest BCUT2D eigenvalue weighted by atomic mass is 35.5. The molecule has 1 aromatic heterocycles. The van der Waals surface area contributed by atoms with Crippen molar-refractivity contribution >= 4 is 40.5 Å². The van der Waals surface area contributed by atoms with Crippen molar-refractivity contribution in [1.29, 1.82) is 0 Å². The number of halogens is 2. The van der Waals surface area contributed by atoms with Gasteiger partial charge in [-0.25, -0.2) is 4.98 Å². The summed E-state index contributed by atoms with van der Waals surface area (Å²) in [6, 6.07) is 8.66. The fourth-order valence-corrected chi connectivity index (χ4v) is 2.49. The van der Waals surface area contributed by atoms with E-state index in [-0.39, 0.29) is 5.91 Å². The molecule has 128 valence electrons. The van der Waals surface area contributed by atoms with Crippen LogP contribution in [0.5, 0.6) is 0 Å². The van der Waals surface area contributed by atoms with Crippen LogP contribution in [-0.2, 0) is 0 Å². The zero-order chi connectivity index (χ0) is 17.5. The molecule has 1 heterocycles. The van der Waals surface area contributed by atoms with Gasteiger partial charge in [0, 0.05) is 11.6 Å². The quantitative estimate of drug-likeness (QED) is 0.731. The number of carbonyl (C=O) groups is 1. The third-order valence-corrected chi connectivity index (χ3v) is 3.82. The average Bonchev–Trinajstić information content (AvgIpc) is 2.54. The van der Waals surface area contributed by atoms with E-state index < -0.39 is 0 Å². The molecule has 24 heavy (non-hydrogen) atoms. The first-order chi connectivity index (χ1) is 11.5. The van der Waals surface area contributed by atoms with E-state index in [1.807, 2.05) is 14.1 Å². The van der Waals surface area contributed by atoms with Crippen LogP contribution >= 0.6 is 23.2 Å². The van der Waals surface area contributed by atoms with Crippen LogP contribution < -0.4 is 10.6 Å². The van der Waals surface area contributed by atoms with Gasteiger partial charge in [0.25, 0.3) is 5.91 Å². The number of pyridine rings is 1. The Kier molecular flexibility index (Phi) is 6.85. The first-order valence-electron chi connectivity index (χ1n) is 7.57. The minimum atomic E-state index is -0.176. The first-order valence-corrected chi connectivity index (χ1v) is 8.32. The maximum atomic E-state index is 12.0. The molecule has 2 rings (SSSR count). The summed E-state index contributed by atoms with van der Waals surface area (Å²) in [5, 5.41) is 7.09. The number of anilines is 2. The maximum Gasteiger partial charge on any atom is 0.269 e. The van der Waals surface area contributed by atoms with Crippen molar-refractivity contribution < 1.29 is 4.79 Å². The molecule has 2 aromatic rings. The Labute approximate surface area is 152 Å². The van der Waals surface area contributed by atoms with Crippen LogP contribution in [0.1, 0.15) is 16.9 Å². The largest absolute Gasteiger partial charge is 0.353 e. The van der Waals surface area contributed by atoms with E-state index in [9.17, 15) is 4.79 Å². The van der Waals surface area contributed by atoms with Crippen molar-refractivity contribution in [3.63, 3.8) is 0 Å². The Morgan fingerprint density at radius 2 is 2.00 bits per heavy atom. The van der Waals surface area contributed by atoms with Crippen LogP contribution in [0.4, 0.5) is 11.4 Å².